The van der Waals surface area contributed by atoms with Gasteiger partial charge in [-0.25, -0.2) is 4.98 Å². The molecule has 0 fully saturated rings. The Labute approximate surface area is 111 Å². The third kappa shape index (κ3) is 2.85. The van der Waals surface area contributed by atoms with Crippen molar-refractivity contribution in [2.45, 2.75) is 31.6 Å². The summed E-state index contributed by atoms with van der Waals surface area (Å²) in [5.74, 6) is 0.537. The van der Waals surface area contributed by atoms with E-state index in [1.54, 1.807) is 6.20 Å². The van der Waals surface area contributed by atoms with E-state index in [2.05, 4.69) is 37.9 Å². The third-order valence-corrected chi connectivity index (χ3v) is 4.25. The predicted octanol–water partition coefficient (Wildman–Crippen LogP) is 3.31. The smallest absolute Gasteiger partial charge is 0.127 e. The van der Waals surface area contributed by atoms with Crippen molar-refractivity contribution in [1.29, 1.82) is 0 Å². The van der Waals surface area contributed by atoms with Crippen LogP contribution in [0, 0.1) is 20.8 Å². The van der Waals surface area contributed by atoms with Gasteiger partial charge in [-0.1, -0.05) is 23.8 Å². The molecule has 0 aliphatic rings. The molecular weight excluding hydrogens is 242 g/mol. The van der Waals surface area contributed by atoms with E-state index in [1.807, 2.05) is 18.2 Å². The lowest BCUT2D eigenvalue weighted by Crippen LogP contribution is -2.02. The fourth-order valence-electron chi connectivity index (χ4n) is 2.12. The Morgan fingerprint density at radius 2 is 1.78 bits per heavy atom. The molecule has 0 radical (unpaired) electrons. The van der Waals surface area contributed by atoms with E-state index in [-0.39, 0.29) is 0 Å². The standard InChI is InChI=1S/C15H17NOS/c1-11-8-12(2)14(13(3)9-11)10-18(17)15-6-4-5-7-16-15/h4-9H,10H2,1-3H3. The van der Waals surface area contributed by atoms with Crippen LogP contribution >= 0.6 is 0 Å². The molecule has 0 saturated heterocycles. The minimum Gasteiger partial charge on any atom is -0.252 e. The lowest BCUT2D eigenvalue weighted by atomic mass is 10.0. The zero-order valence-electron chi connectivity index (χ0n) is 10.9. The van der Waals surface area contributed by atoms with E-state index in [4.69, 9.17) is 0 Å². The second kappa shape index (κ2) is 5.44. The molecule has 0 aliphatic heterocycles. The molecule has 1 unspecified atom stereocenters. The number of hydrogen-bond acceptors (Lipinski definition) is 2. The van der Waals surface area contributed by atoms with Crippen LogP contribution in [0.4, 0.5) is 0 Å². The Kier molecular flexibility index (Phi) is 3.92. The summed E-state index contributed by atoms with van der Waals surface area (Å²) in [6, 6.07) is 9.79. The van der Waals surface area contributed by atoms with Crippen LogP contribution in [0.15, 0.2) is 41.6 Å². The molecule has 2 nitrogen and oxygen atoms in total. The van der Waals surface area contributed by atoms with Gasteiger partial charge in [-0.3, -0.25) is 4.21 Å². The van der Waals surface area contributed by atoms with Gasteiger partial charge in [0, 0.05) is 6.20 Å². The van der Waals surface area contributed by atoms with Crippen molar-refractivity contribution in [3.8, 4) is 0 Å². The molecule has 1 aromatic carbocycles. The van der Waals surface area contributed by atoms with Gasteiger partial charge in [-0.15, -0.1) is 0 Å². The number of nitrogens with zero attached hydrogens (tertiary/aromatic N) is 1. The molecule has 0 saturated carbocycles. The molecular formula is C15H17NOS. The molecule has 2 rings (SSSR count). The normalized spacial score (nSPS) is 12.4. The Balaban J connectivity index is 2.28. The van der Waals surface area contributed by atoms with Gasteiger partial charge in [-0.2, -0.15) is 0 Å². The van der Waals surface area contributed by atoms with Crippen molar-refractivity contribution < 1.29 is 4.21 Å². The van der Waals surface area contributed by atoms with Gasteiger partial charge >= 0.3 is 0 Å². The lowest BCUT2D eigenvalue weighted by Gasteiger charge is -2.10. The van der Waals surface area contributed by atoms with Crippen LogP contribution in [0.25, 0.3) is 0 Å². The first kappa shape index (κ1) is 13.0. The van der Waals surface area contributed by atoms with Gasteiger partial charge in [0.1, 0.15) is 5.03 Å². The first-order chi connectivity index (χ1) is 8.58. The topological polar surface area (TPSA) is 30.0 Å². The van der Waals surface area contributed by atoms with Crippen molar-refractivity contribution in [3.63, 3.8) is 0 Å². The maximum Gasteiger partial charge on any atom is 0.127 e. The van der Waals surface area contributed by atoms with Crippen molar-refractivity contribution in [2.75, 3.05) is 0 Å². The molecule has 1 atom stereocenters. The molecule has 0 N–H and O–H groups in total. The van der Waals surface area contributed by atoms with Gasteiger partial charge < -0.3 is 0 Å². The van der Waals surface area contributed by atoms with Gasteiger partial charge in [0.15, 0.2) is 0 Å². The van der Waals surface area contributed by atoms with Gasteiger partial charge in [0.25, 0.3) is 0 Å². The summed E-state index contributed by atoms with van der Waals surface area (Å²) >= 11 is 0. The van der Waals surface area contributed by atoms with Crippen molar-refractivity contribution in [3.05, 3.63) is 58.8 Å². The van der Waals surface area contributed by atoms with Crippen LogP contribution < -0.4 is 0 Å². The maximum absolute atomic E-state index is 12.3. The summed E-state index contributed by atoms with van der Waals surface area (Å²) in [5, 5.41) is 0.650. The summed E-state index contributed by atoms with van der Waals surface area (Å²) < 4.78 is 12.3. The maximum atomic E-state index is 12.3. The van der Waals surface area contributed by atoms with Crippen LogP contribution in [0.1, 0.15) is 22.3 Å². The molecule has 1 aromatic heterocycles. The number of hydrogen-bond donors (Lipinski definition) is 0. The quantitative estimate of drug-likeness (QED) is 0.846. The Bertz CT molecular complexity index is 555. The summed E-state index contributed by atoms with van der Waals surface area (Å²) in [6.45, 7) is 6.23. The molecule has 2 aromatic rings. The summed E-state index contributed by atoms with van der Waals surface area (Å²) in [5.41, 5.74) is 4.83. The minimum atomic E-state index is -1.07. The van der Waals surface area contributed by atoms with E-state index in [9.17, 15) is 4.21 Å². The molecule has 0 spiro atoms. The minimum absolute atomic E-state index is 0.537. The Morgan fingerprint density at radius 3 is 2.33 bits per heavy atom. The predicted molar refractivity (Wildman–Crippen MR) is 75.0 cm³/mol. The van der Waals surface area contributed by atoms with Gasteiger partial charge in [0.05, 0.1) is 16.6 Å². The van der Waals surface area contributed by atoms with Crippen LogP contribution in [0.5, 0.6) is 0 Å². The van der Waals surface area contributed by atoms with Gasteiger partial charge in [-0.05, 0) is 49.6 Å². The lowest BCUT2D eigenvalue weighted by molar-refractivity contribution is 0.679. The van der Waals surface area contributed by atoms with E-state index in [0.29, 0.717) is 10.8 Å². The van der Waals surface area contributed by atoms with Crippen molar-refractivity contribution in [1.82, 2.24) is 4.98 Å². The van der Waals surface area contributed by atoms with Crippen LogP contribution in [0.2, 0.25) is 0 Å². The molecule has 94 valence electrons. The van der Waals surface area contributed by atoms with E-state index in [1.165, 1.54) is 22.3 Å². The van der Waals surface area contributed by atoms with E-state index < -0.39 is 10.8 Å². The highest BCUT2D eigenvalue weighted by molar-refractivity contribution is 7.84. The fraction of sp³-hybridized carbons (Fsp3) is 0.267. The third-order valence-electron chi connectivity index (χ3n) is 2.99. The number of pyridine rings is 1. The van der Waals surface area contributed by atoms with Crippen LogP contribution in [0.3, 0.4) is 0 Å². The highest BCUT2D eigenvalue weighted by Crippen LogP contribution is 2.19. The molecule has 1 heterocycles. The molecule has 0 amide bonds. The van der Waals surface area contributed by atoms with Crippen LogP contribution in [-0.4, -0.2) is 9.19 Å². The highest BCUT2D eigenvalue weighted by Gasteiger charge is 2.10. The fourth-order valence-corrected chi connectivity index (χ4v) is 3.40. The Morgan fingerprint density at radius 1 is 1.11 bits per heavy atom. The largest absolute Gasteiger partial charge is 0.252 e. The first-order valence-corrected chi connectivity index (χ1v) is 7.26. The van der Waals surface area contributed by atoms with Crippen LogP contribution in [-0.2, 0) is 16.6 Å². The highest BCUT2D eigenvalue weighted by atomic mass is 32.2. The molecule has 0 bridgehead atoms. The molecule has 0 aliphatic carbocycles. The summed E-state index contributed by atoms with van der Waals surface area (Å²) in [4.78, 5) is 4.15. The zero-order chi connectivity index (χ0) is 13.1. The number of aryl methyl sites for hydroxylation is 3. The number of aromatic nitrogens is 1. The molecule has 18 heavy (non-hydrogen) atoms. The second-order valence-electron chi connectivity index (χ2n) is 4.54. The van der Waals surface area contributed by atoms with Crippen molar-refractivity contribution in [2.24, 2.45) is 0 Å². The number of benzene rings is 1. The first-order valence-electron chi connectivity index (χ1n) is 5.94. The van der Waals surface area contributed by atoms with E-state index in [0.717, 1.165) is 0 Å². The van der Waals surface area contributed by atoms with Crippen molar-refractivity contribution >= 4 is 10.8 Å². The SMILES string of the molecule is Cc1cc(C)c(CS(=O)c2ccccn2)c(C)c1. The van der Waals surface area contributed by atoms with E-state index >= 15 is 0 Å². The average molecular weight is 259 g/mol. The summed E-state index contributed by atoms with van der Waals surface area (Å²) in [6.07, 6.45) is 1.68. The molecule has 3 heteroatoms. The van der Waals surface area contributed by atoms with Gasteiger partial charge in [0.2, 0.25) is 0 Å². The average Bonchev–Trinajstić information content (AvgIpc) is 2.34. The number of rotatable bonds is 3. The zero-order valence-corrected chi connectivity index (χ0v) is 11.8. The summed E-state index contributed by atoms with van der Waals surface area (Å²) in [7, 11) is -1.07. The second-order valence-corrected chi connectivity index (χ2v) is 5.93. The monoisotopic (exact) mass is 259 g/mol. The Hall–Kier alpha value is -1.48.